The third-order valence-electron chi connectivity index (χ3n) is 4.61. The number of aryl methyl sites for hydroxylation is 2. The molecular formula is C22H25ClN4O2S. The molecule has 8 heteroatoms. The third kappa shape index (κ3) is 5.34. The lowest BCUT2D eigenvalue weighted by Crippen LogP contribution is -2.15. The lowest BCUT2D eigenvalue weighted by Gasteiger charge is -2.15. The molecule has 0 saturated carbocycles. The van der Waals surface area contributed by atoms with Gasteiger partial charge < -0.3 is 14.6 Å². The Hall–Kier alpha value is -2.51. The zero-order valence-electron chi connectivity index (χ0n) is 17.7. The van der Waals surface area contributed by atoms with Gasteiger partial charge in [0, 0.05) is 17.8 Å². The van der Waals surface area contributed by atoms with Crippen LogP contribution in [0.4, 0.5) is 5.69 Å². The summed E-state index contributed by atoms with van der Waals surface area (Å²) in [6.45, 7) is 7.89. The molecule has 2 aromatic carbocycles. The monoisotopic (exact) mass is 444 g/mol. The minimum absolute atomic E-state index is 0.130. The van der Waals surface area contributed by atoms with Crippen LogP contribution in [0.3, 0.4) is 0 Å². The van der Waals surface area contributed by atoms with Crippen molar-refractivity contribution in [3.8, 4) is 5.75 Å². The molecule has 1 heterocycles. The molecule has 1 N–H and O–H groups in total. The number of hydrogen-bond acceptors (Lipinski definition) is 5. The van der Waals surface area contributed by atoms with Crippen LogP contribution in [0.1, 0.15) is 35.5 Å². The molecule has 0 aliphatic heterocycles. The van der Waals surface area contributed by atoms with Crippen LogP contribution < -0.4 is 10.1 Å². The van der Waals surface area contributed by atoms with Gasteiger partial charge in [-0.3, -0.25) is 4.79 Å². The molecule has 3 aromatic rings. The Morgan fingerprint density at radius 2 is 1.90 bits per heavy atom. The Morgan fingerprint density at radius 3 is 2.60 bits per heavy atom. The van der Waals surface area contributed by atoms with Crippen molar-refractivity contribution in [3.05, 3.63) is 63.9 Å². The van der Waals surface area contributed by atoms with E-state index < -0.39 is 0 Å². The molecule has 0 aliphatic rings. The summed E-state index contributed by atoms with van der Waals surface area (Å²) in [5.74, 6) is 1.58. The largest absolute Gasteiger partial charge is 0.483 e. The summed E-state index contributed by atoms with van der Waals surface area (Å²) in [6, 6.07) is 11.5. The Morgan fingerprint density at radius 1 is 1.20 bits per heavy atom. The Bertz CT molecular complexity index is 1050. The highest BCUT2D eigenvalue weighted by molar-refractivity contribution is 7.99. The third-order valence-corrected chi connectivity index (χ3v) is 6.04. The van der Waals surface area contributed by atoms with Gasteiger partial charge in [-0.2, -0.15) is 0 Å². The quantitative estimate of drug-likeness (QED) is 0.503. The number of rotatable bonds is 7. The SMILES string of the molecule is Cc1cc(C)cc(OC(C)c2nnc(SCC(=O)Nc3cccc(Cl)c3C)n2C)c1. The van der Waals surface area contributed by atoms with E-state index in [1.54, 1.807) is 6.07 Å². The number of aromatic nitrogens is 3. The average Bonchev–Trinajstić information content (AvgIpc) is 3.03. The van der Waals surface area contributed by atoms with E-state index in [9.17, 15) is 4.79 Å². The van der Waals surface area contributed by atoms with E-state index in [4.69, 9.17) is 16.3 Å². The van der Waals surface area contributed by atoms with Crippen LogP contribution in [-0.4, -0.2) is 26.4 Å². The summed E-state index contributed by atoms with van der Waals surface area (Å²) >= 11 is 7.43. The van der Waals surface area contributed by atoms with Gasteiger partial charge in [0.1, 0.15) is 5.75 Å². The molecule has 0 radical (unpaired) electrons. The van der Waals surface area contributed by atoms with Crippen LogP contribution in [0, 0.1) is 20.8 Å². The van der Waals surface area contributed by atoms with Gasteiger partial charge in [0.05, 0.1) is 5.75 Å². The topological polar surface area (TPSA) is 69.0 Å². The van der Waals surface area contributed by atoms with Crippen LogP contribution in [0.15, 0.2) is 41.6 Å². The molecule has 1 amide bonds. The molecule has 1 aromatic heterocycles. The molecule has 0 spiro atoms. The number of nitrogens with zero attached hydrogens (tertiary/aromatic N) is 3. The van der Waals surface area contributed by atoms with E-state index in [1.807, 2.05) is 63.6 Å². The first-order chi connectivity index (χ1) is 14.2. The van der Waals surface area contributed by atoms with Crippen LogP contribution in [0.25, 0.3) is 0 Å². The summed E-state index contributed by atoms with van der Waals surface area (Å²) in [7, 11) is 1.87. The van der Waals surface area contributed by atoms with Crippen molar-refractivity contribution in [2.45, 2.75) is 39.0 Å². The molecule has 158 valence electrons. The van der Waals surface area contributed by atoms with Crippen molar-refractivity contribution in [3.63, 3.8) is 0 Å². The number of benzene rings is 2. The molecule has 0 aliphatic carbocycles. The highest BCUT2D eigenvalue weighted by atomic mass is 35.5. The van der Waals surface area contributed by atoms with E-state index in [1.165, 1.54) is 11.8 Å². The van der Waals surface area contributed by atoms with Gasteiger partial charge in [0.15, 0.2) is 17.1 Å². The fraction of sp³-hybridized carbons (Fsp3) is 0.318. The van der Waals surface area contributed by atoms with Crippen molar-refractivity contribution in [1.82, 2.24) is 14.8 Å². The van der Waals surface area contributed by atoms with Crippen LogP contribution in [0.2, 0.25) is 5.02 Å². The molecule has 0 fully saturated rings. The summed E-state index contributed by atoms with van der Waals surface area (Å²) < 4.78 is 7.92. The predicted molar refractivity (Wildman–Crippen MR) is 122 cm³/mol. The summed E-state index contributed by atoms with van der Waals surface area (Å²) in [6.07, 6.45) is -0.277. The first-order valence-corrected chi connectivity index (χ1v) is 10.9. The fourth-order valence-electron chi connectivity index (χ4n) is 3.12. The molecular weight excluding hydrogens is 420 g/mol. The number of thioether (sulfide) groups is 1. The number of nitrogens with one attached hydrogen (secondary N) is 1. The molecule has 1 unspecified atom stereocenters. The minimum atomic E-state index is -0.277. The second-order valence-corrected chi connectivity index (χ2v) is 8.58. The molecule has 3 rings (SSSR count). The lowest BCUT2D eigenvalue weighted by atomic mass is 10.1. The van der Waals surface area contributed by atoms with Gasteiger partial charge in [-0.15, -0.1) is 10.2 Å². The highest BCUT2D eigenvalue weighted by Gasteiger charge is 2.18. The van der Waals surface area contributed by atoms with Crippen molar-refractivity contribution in [1.29, 1.82) is 0 Å². The second-order valence-electron chi connectivity index (χ2n) is 7.23. The van der Waals surface area contributed by atoms with E-state index >= 15 is 0 Å². The number of carbonyl (C=O) groups excluding carboxylic acids is 1. The first-order valence-electron chi connectivity index (χ1n) is 9.56. The number of ether oxygens (including phenoxy) is 1. The van der Waals surface area contributed by atoms with Crippen LogP contribution in [0.5, 0.6) is 5.75 Å². The minimum Gasteiger partial charge on any atom is -0.483 e. The number of carbonyl (C=O) groups is 1. The zero-order chi connectivity index (χ0) is 21.8. The summed E-state index contributed by atoms with van der Waals surface area (Å²) in [5, 5.41) is 12.6. The van der Waals surface area contributed by atoms with Gasteiger partial charge in [0.2, 0.25) is 5.91 Å². The van der Waals surface area contributed by atoms with Crippen molar-refractivity contribution < 1.29 is 9.53 Å². The average molecular weight is 445 g/mol. The number of amides is 1. The molecule has 0 bridgehead atoms. The number of hydrogen-bond donors (Lipinski definition) is 1. The van der Waals surface area contributed by atoms with E-state index in [2.05, 4.69) is 21.6 Å². The van der Waals surface area contributed by atoms with Gasteiger partial charge >= 0.3 is 0 Å². The first kappa shape index (κ1) is 22.2. The van der Waals surface area contributed by atoms with Crippen molar-refractivity contribution in [2.75, 3.05) is 11.1 Å². The molecule has 6 nitrogen and oxygen atoms in total. The van der Waals surface area contributed by atoms with Gasteiger partial charge in [-0.05, 0) is 68.7 Å². The van der Waals surface area contributed by atoms with Gasteiger partial charge in [-0.25, -0.2) is 0 Å². The van der Waals surface area contributed by atoms with E-state index in [0.29, 0.717) is 21.7 Å². The van der Waals surface area contributed by atoms with Gasteiger partial charge in [-0.1, -0.05) is 35.5 Å². The van der Waals surface area contributed by atoms with Gasteiger partial charge in [0.25, 0.3) is 0 Å². The Kier molecular flexibility index (Phi) is 7.05. The number of anilines is 1. The maximum absolute atomic E-state index is 12.3. The molecule has 1 atom stereocenters. The maximum Gasteiger partial charge on any atom is 0.234 e. The predicted octanol–water partition coefficient (Wildman–Crippen LogP) is 5.26. The fourth-order valence-corrected chi connectivity index (χ4v) is 4.02. The lowest BCUT2D eigenvalue weighted by molar-refractivity contribution is -0.113. The summed E-state index contributed by atoms with van der Waals surface area (Å²) in [5.41, 5.74) is 3.85. The Labute approximate surface area is 186 Å². The summed E-state index contributed by atoms with van der Waals surface area (Å²) in [4.78, 5) is 12.3. The normalized spacial score (nSPS) is 11.9. The van der Waals surface area contributed by atoms with E-state index in [0.717, 1.165) is 22.4 Å². The Balaban J connectivity index is 1.62. The number of halogens is 1. The van der Waals surface area contributed by atoms with Crippen LogP contribution in [-0.2, 0) is 11.8 Å². The molecule has 30 heavy (non-hydrogen) atoms. The zero-order valence-corrected chi connectivity index (χ0v) is 19.3. The van der Waals surface area contributed by atoms with Crippen molar-refractivity contribution >= 4 is 35.0 Å². The van der Waals surface area contributed by atoms with Crippen molar-refractivity contribution in [2.24, 2.45) is 7.05 Å². The smallest absolute Gasteiger partial charge is 0.234 e. The maximum atomic E-state index is 12.3. The van der Waals surface area contributed by atoms with E-state index in [-0.39, 0.29) is 17.8 Å². The molecule has 0 saturated heterocycles. The highest BCUT2D eigenvalue weighted by Crippen LogP contribution is 2.26. The second kappa shape index (κ2) is 9.53. The van der Waals surface area contributed by atoms with Crippen LogP contribution >= 0.6 is 23.4 Å². The standard InChI is InChI=1S/C22H25ClN4O2S/c1-13-9-14(2)11-17(10-13)29-16(4)21-25-26-22(27(21)5)30-12-20(28)24-19-8-6-7-18(23)15(19)3/h6-11,16H,12H2,1-5H3,(H,24,28).